The quantitative estimate of drug-likeness (QED) is 0.871. The molecule has 0 saturated heterocycles. The van der Waals surface area contributed by atoms with Crippen LogP contribution in [-0.4, -0.2) is 21.2 Å². The highest BCUT2D eigenvalue weighted by Gasteiger charge is 2.31. The number of nitrogens with zero attached hydrogens (tertiary/aromatic N) is 2. The summed E-state index contributed by atoms with van der Waals surface area (Å²) in [6.45, 7) is 0. The van der Waals surface area contributed by atoms with E-state index in [2.05, 4.69) is 4.99 Å². The molecule has 0 aromatic carbocycles. The van der Waals surface area contributed by atoms with Crippen LogP contribution in [0.25, 0.3) is 0 Å². The van der Waals surface area contributed by atoms with E-state index < -0.39 is 5.60 Å². The van der Waals surface area contributed by atoms with Gasteiger partial charge in [-0.25, -0.2) is 0 Å². The van der Waals surface area contributed by atoms with Gasteiger partial charge >= 0.3 is 0 Å². The van der Waals surface area contributed by atoms with E-state index in [1.165, 1.54) is 11.3 Å². The Hall–Kier alpha value is -0.940. The molecule has 1 aliphatic carbocycles. The van der Waals surface area contributed by atoms with Crippen molar-refractivity contribution >= 4 is 17.2 Å². The molecule has 1 N–H and O–H groups in total. The first-order chi connectivity index (χ1) is 8.09. The fourth-order valence-electron chi connectivity index (χ4n) is 2.25. The number of thiazole rings is 1. The largest absolute Gasteiger partial charge is 0.389 e. The average Bonchev–Trinajstić information content (AvgIpc) is 2.64. The van der Waals surface area contributed by atoms with E-state index in [4.69, 9.17) is 0 Å². The van der Waals surface area contributed by atoms with Crippen molar-refractivity contribution in [1.82, 2.24) is 4.57 Å². The first-order valence-corrected chi connectivity index (χ1v) is 6.87. The molecule has 0 unspecified atom stereocenters. The summed E-state index contributed by atoms with van der Waals surface area (Å²) in [5.41, 5.74) is -0.811. The third-order valence-corrected chi connectivity index (χ3v) is 4.09. The molecule has 1 amide bonds. The van der Waals surface area contributed by atoms with Crippen molar-refractivity contribution in [2.45, 2.75) is 44.1 Å². The zero-order valence-electron chi connectivity index (χ0n) is 10.1. The van der Waals surface area contributed by atoms with Crippen LogP contribution in [0.4, 0.5) is 0 Å². The molecule has 2 rings (SSSR count). The normalized spacial score (nSPS) is 20.5. The summed E-state index contributed by atoms with van der Waals surface area (Å²) in [4.78, 5) is 16.5. The number of aliphatic hydroxyl groups is 1. The van der Waals surface area contributed by atoms with Gasteiger partial charge in [-0.15, -0.1) is 11.3 Å². The van der Waals surface area contributed by atoms with E-state index >= 15 is 0 Å². The molecule has 1 fully saturated rings. The highest BCUT2D eigenvalue weighted by molar-refractivity contribution is 7.07. The highest BCUT2D eigenvalue weighted by atomic mass is 32.1. The monoisotopic (exact) mass is 254 g/mol. The van der Waals surface area contributed by atoms with Crippen LogP contribution in [0.1, 0.15) is 38.5 Å². The lowest BCUT2D eigenvalue weighted by atomic mass is 9.82. The summed E-state index contributed by atoms with van der Waals surface area (Å²) in [6.07, 6.45) is 6.66. The molecule has 94 valence electrons. The van der Waals surface area contributed by atoms with Crippen LogP contribution in [0.15, 0.2) is 16.6 Å². The van der Waals surface area contributed by atoms with E-state index in [0.29, 0.717) is 4.80 Å². The zero-order valence-corrected chi connectivity index (χ0v) is 10.9. The van der Waals surface area contributed by atoms with Crippen molar-refractivity contribution in [2.75, 3.05) is 0 Å². The molecule has 1 saturated carbocycles. The van der Waals surface area contributed by atoms with Gasteiger partial charge in [0.1, 0.15) is 0 Å². The van der Waals surface area contributed by atoms with Gasteiger partial charge in [-0.3, -0.25) is 4.79 Å². The Morgan fingerprint density at radius 2 is 2.24 bits per heavy atom. The van der Waals surface area contributed by atoms with Gasteiger partial charge in [-0.05, 0) is 12.8 Å². The van der Waals surface area contributed by atoms with Gasteiger partial charge in [-0.1, -0.05) is 19.3 Å². The van der Waals surface area contributed by atoms with Gasteiger partial charge in [0.05, 0.1) is 12.0 Å². The maximum absolute atomic E-state index is 11.8. The Labute approximate surface area is 105 Å². The summed E-state index contributed by atoms with van der Waals surface area (Å²) in [7, 11) is 1.86. The predicted molar refractivity (Wildman–Crippen MR) is 66.5 cm³/mol. The molecule has 1 aliphatic rings. The second kappa shape index (κ2) is 5.14. The van der Waals surface area contributed by atoms with Crippen LogP contribution in [0.3, 0.4) is 0 Å². The summed E-state index contributed by atoms with van der Waals surface area (Å²) in [5, 5.41) is 12.1. The van der Waals surface area contributed by atoms with Gasteiger partial charge in [0, 0.05) is 18.6 Å². The third-order valence-electron chi connectivity index (χ3n) is 3.24. The first-order valence-electron chi connectivity index (χ1n) is 5.99. The lowest BCUT2D eigenvalue weighted by Crippen LogP contribution is -2.34. The summed E-state index contributed by atoms with van der Waals surface area (Å²) in [6, 6.07) is 0. The second-order valence-corrected chi connectivity index (χ2v) is 5.64. The van der Waals surface area contributed by atoms with Crippen LogP contribution in [0.5, 0.6) is 0 Å². The minimum Gasteiger partial charge on any atom is -0.389 e. The molecule has 5 heteroatoms. The Kier molecular flexibility index (Phi) is 3.79. The molecule has 0 aliphatic heterocycles. The van der Waals surface area contributed by atoms with Crippen LogP contribution in [-0.2, 0) is 11.8 Å². The molecule has 0 radical (unpaired) electrons. The van der Waals surface area contributed by atoms with Crippen molar-refractivity contribution < 1.29 is 9.90 Å². The van der Waals surface area contributed by atoms with Crippen molar-refractivity contribution in [2.24, 2.45) is 12.0 Å². The van der Waals surface area contributed by atoms with Gasteiger partial charge in [0.2, 0.25) is 0 Å². The summed E-state index contributed by atoms with van der Waals surface area (Å²) < 4.78 is 1.81. The zero-order chi connectivity index (χ0) is 12.3. The Bertz CT molecular complexity index is 455. The molecule has 0 atom stereocenters. The maximum atomic E-state index is 11.8. The lowest BCUT2D eigenvalue weighted by Gasteiger charge is -2.30. The van der Waals surface area contributed by atoms with E-state index in [9.17, 15) is 9.90 Å². The number of hydrogen-bond donors (Lipinski definition) is 1. The smallest absolute Gasteiger partial charge is 0.251 e. The number of aromatic nitrogens is 1. The standard InChI is InChI=1S/C12H18N2O2S/c1-14-7-8-17-11(14)13-10(15)9-12(16)5-3-2-4-6-12/h7-8,16H,2-6,9H2,1H3. The van der Waals surface area contributed by atoms with E-state index in [0.717, 1.165) is 32.1 Å². The van der Waals surface area contributed by atoms with Crippen molar-refractivity contribution in [3.8, 4) is 0 Å². The van der Waals surface area contributed by atoms with Crippen molar-refractivity contribution in [3.05, 3.63) is 16.4 Å². The van der Waals surface area contributed by atoms with Crippen LogP contribution < -0.4 is 4.80 Å². The second-order valence-electron chi connectivity index (χ2n) is 4.76. The molecule has 1 aromatic heterocycles. The fourth-order valence-corrected chi connectivity index (χ4v) is 3.00. The molecule has 17 heavy (non-hydrogen) atoms. The number of carbonyl (C=O) groups excluding carboxylic acids is 1. The Morgan fingerprint density at radius 3 is 2.82 bits per heavy atom. The minimum atomic E-state index is -0.811. The average molecular weight is 254 g/mol. The fraction of sp³-hybridized carbons (Fsp3) is 0.667. The number of aryl methyl sites for hydroxylation is 1. The summed E-state index contributed by atoms with van der Waals surface area (Å²) >= 11 is 1.43. The molecule has 1 aromatic rings. The van der Waals surface area contributed by atoms with Crippen LogP contribution in [0.2, 0.25) is 0 Å². The Balaban J connectivity index is 2.05. The molecular weight excluding hydrogens is 236 g/mol. The van der Waals surface area contributed by atoms with E-state index in [1.54, 1.807) is 0 Å². The molecule has 0 spiro atoms. The van der Waals surface area contributed by atoms with E-state index in [-0.39, 0.29) is 12.3 Å². The van der Waals surface area contributed by atoms with Crippen molar-refractivity contribution in [1.29, 1.82) is 0 Å². The predicted octanol–water partition coefficient (Wildman–Crippen LogP) is 1.60. The number of rotatable bonds is 2. The Morgan fingerprint density at radius 1 is 1.53 bits per heavy atom. The molecule has 1 heterocycles. The van der Waals surface area contributed by atoms with Gasteiger partial charge in [-0.2, -0.15) is 4.99 Å². The van der Waals surface area contributed by atoms with Crippen LogP contribution >= 0.6 is 11.3 Å². The summed E-state index contributed by atoms with van der Waals surface area (Å²) in [5.74, 6) is -0.215. The van der Waals surface area contributed by atoms with Crippen molar-refractivity contribution in [3.63, 3.8) is 0 Å². The SMILES string of the molecule is Cn1ccsc1=NC(=O)CC1(O)CCCCC1. The van der Waals surface area contributed by atoms with Gasteiger partial charge < -0.3 is 9.67 Å². The van der Waals surface area contributed by atoms with Gasteiger partial charge in [0.15, 0.2) is 4.80 Å². The lowest BCUT2D eigenvalue weighted by molar-refractivity contribution is -0.124. The first kappa shape index (κ1) is 12.5. The number of carbonyl (C=O) groups is 1. The van der Waals surface area contributed by atoms with Gasteiger partial charge in [0.25, 0.3) is 5.91 Å². The molecule has 0 bridgehead atoms. The highest BCUT2D eigenvalue weighted by Crippen LogP contribution is 2.30. The topological polar surface area (TPSA) is 54.6 Å². The molecular formula is C12H18N2O2S. The minimum absolute atomic E-state index is 0.158. The maximum Gasteiger partial charge on any atom is 0.251 e. The van der Waals surface area contributed by atoms with E-state index in [1.807, 2.05) is 23.2 Å². The third kappa shape index (κ3) is 3.26. The number of hydrogen-bond acceptors (Lipinski definition) is 3. The molecule has 4 nitrogen and oxygen atoms in total. The van der Waals surface area contributed by atoms with Crippen LogP contribution in [0, 0.1) is 0 Å². The number of amides is 1.